The average Bonchev–Trinajstić information content (AvgIpc) is 3.92. The molecule has 0 aromatic carbocycles. The maximum atomic E-state index is 16.3. The van der Waals surface area contributed by atoms with E-state index in [-0.39, 0.29) is 49.0 Å². The summed E-state index contributed by atoms with van der Waals surface area (Å²) in [5, 5.41) is 44.1. The molecular weight excluding hydrogens is 839 g/mol. The summed E-state index contributed by atoms with van der Waals surface area (Å²) in [6.45, 7) is 0. The van der Waals surface area contributed by atoms with Crippen LogP contribution in [0.4, 0.5) is 46.3 Å². The molecule has 1 saturated carbocycles. The van der Waals surface area contributed by atoms with Crippen molar-refractivity contribution in [2.75, 3.05) is 0 Å². The zero-order valence-electron chi connectivity index (χ0n) is 25.2. The van der Waals surface area contributed by atoms with Crippen molar-refractivity contribution < 1.29 is 46.0 Å². The first-order chi connectivity index (χ1) is 24.8. The Balaban J connectivity index is 1.51. The molecule has 2 atom stereocenters. The number of nitro groups is 4. The van der Waals surface area contributed by atoms with Crippen LogP contribution in [0.15, 0.2) is 60.7 Å². The first-order valence-electron chi connectivity index (χ1n) is 14.2. The summed E-state index contributed by atoms with van der Waals surface area (Å²) in [5.41, 5.74) is -1.49. The van der Waals surface area contributed by atoms with Gasteiger partial charge in [0.1, 0.15) is 0 Å². The molecule has 0 radical (unpaired) electrons. The van der Waals surface area contributed by atoms with E-state index in [2.05, 4.69) is 0 Å². The lowest BCUT2D eigenvalue weighted by Crippen LogP contribution is -2.48. The van der Waals surface area contributed by atoms with Crippen LogP contribution in [-0.2, 0) is 0 Å². The van der Waals surface area contributed by atoms with Crippen molar-refractivity contribution in [3.63, 3.8) is 0 Å². The summed E-state index contributed by atoms with van der Waals surface area (Å²) in [4.78, 5) is 42.1. The van der Waals surface area contributed by atoms with Crippen LogP contribution in [0, 0.1) is 40.5 Å². The van der Waals surface area contributed by atoms with Crippen molar-refractivity contribution in [1.82, 2.24) is 0 Å². The summed E-state index contributed by atoms with van der Waals surface area (Å²) in [6, 6.07) is 10.9. The van der Waals surface area contributed by atoms with Gasteiger partial charge >= 0.3 is 37.8 Å². The van der Waals surface area contributed by atoms with Crippen LogP contribution >= 0.6 is 68.0 Å². The zero-order chi connectivity index (χ0) is 38.4. The maximum absolute atomic E-state index is 16.3. The first-order valence-corrected chi connectivity index (χ1v) is 19.1. The van der Waals surface area contributed by atoms with E-state index >= 15 is 26.3 Å². The van der Waals surface area contributed by atoms with Crippen molar-refractivity contribution in [2.24, 2.45) is 0 Å². The van der Waals surface area contributed by atoms with Gasteiger partial charge < -0.3 is 0 Å². The van der Waals surface area contributed by atoms with Crippen molar-refractivity contribution in [1.29, 1.82) is 0 Å². The van der Waals surface area contributed by atoms with Crippen LogP contribution in [0.3, 0.4) is 0 Å². The van der Waals surface area contributed by atoms with Gasteiger partial charge in [0.25, 0.3) is 0 Å². The van der Waals surface area contributed by atoms with Crippen LogP contribution in [0.2, 0.25) is 0 Å². The van der Waals surface area contributed by atoms with Gasteiger partial charge in [-0.3, -0.25) is 40.5 Å². The maximum Gasteiger partial charge on any atom is 0.373 e. The minimum absolute atomic E-state index is 0.0109. The quantitative estimate of drug-likeness (QED) is 0.0744. The number of rotatable bonds is 10. The number of nitrogens with zero attached hydrogens (tertiary/aromatic N) is 4. The van der Waals surface area contributed by atoms with E-state index in [1.54, 1.807) is 0 Å². The largest absolute Gasteiger partial charge is 0.373 e. The Hall–Kier alpha value is -4.62. The van der Waals surface area contributed by atoms with Crippen molar-refractivity contribution >= 4 is 88.0 Å². The van der Waals surface area contributed by atoms with Gasteiger partial charge in [-0.05, 0) is 47.5 Å². The van der Waals surface area contributed by atoms with Crippen LogP contribution in [0.1, 0.15) is 23.0 Å². The van der Waals surface area contributed by atoms with Gasteiger partial charge in [-0.2, -0.15) is 26.3 Å². The molecule has 0 saturated heterocycles. The molecule has 0 N–H and O–H groups in total. The highest BCUT2D eigenvalue weighted by atomic mass is 32.1. The van der Waals surface area contributed by atoms with Gasteiger partial charge in [0.15, 0.2) is 0 Å². The fraction of sp³-hybridized carbons (Fsp3) is 0.172. The smallest absolute Gasteiger partial charge is 0.258 e. The summed E-state index contributed by atoms with van der Waals surface area (Å²) in [6.07, 6.45) is 0. The van der Waals surface area contributed by atoms with E-state index in [1.807, 2.05) is 0 Å². The molecule has 12 nitrogen and oxygen atoms in total. The van der Waals surface area contributed by atoms with Crippen LogP contribution in [-0.4, -0.2) is 37.5 Å². The molecule has 6 heterocycles. The first kappa shape index (κ1) is 36.7. The van der Waals surface area contributed by atoms with Crippen molar-refractivity contribution in [3.8, 4) is 39.0 Å². The van der Waals surface area contributed by atoms with Crippen LogP contribution < -0.4 is 0 Å². The Morgan fingerprint density at radius 2 is 0.717 bits per heavy atom. The average molecular weight is 851 g/mol. The molecule has 6 aromatic heterocycles. The van der Waals surface area contributed by atoms with Crippen molar-refractivity contribution in [2.45, 2.75) is 29.6 Å². The second kappa shape index (κ2) is 12.8. The lowest BCUT2D eigenvalue weighted by Gasteiger charge is -2.25. The fourth-order valence-corrected chi connectivity index (χ4v) is 12.0. The van der Waals surface area contributed by atoms with Gasteiger partial charge in [-0.25, -0.2) is 0 Å². The zero-order valence-corrected chi connectivity index (χ0v) is 30.1. The van der Waals surface area contributed by atoms with Gasteiger partial charge in [0, 0.05) is 43.8 Å². The van der Waals surface area contributed by atoms with Gasteiger partial charge in [0.05, 0.1) is 51.0 Å². The SMILES string of the molecule is O=[N+]([O-])c1ccc(-c2cc(C3C(c4cc(-c5ccc([N+](=O)[O-])s5)sc4-c4ccc([N+](=O)[O-])s4)C(F)(F)C(F)(F)C3(F)F)c(-c3ccc([N+](=O)[O-])s3)s2)s1. The third-order valence-corrected chi connectivity index (χ3v) is 15.4. The molecule has 2 unspecified atom stereocenters. The van der Waals surface area contributed by atoms with Crippen molar-refractivity contribution in [3.05, 3.63) is 112 Å². The summed E-state index contributed by atoms with van der Waals surface area (Å²) in [7, 11) is 0. The van der Waals surface area contributed by atoms with E-state index in [4.69, 9.17) is 0 Å². The Kier molecular flexibility index (Phi) is 8.84. The Morgan fingerprint density at radius 1 is 0.434 bits per heavy atom. The molecule has 1 aliphatic carbocycles. The van der Waals surface area contributed by atoms with Gasteiger partial charge in [-0.15, -0.1) is 22.7 Å². The van der Waals surface area contributed by atoms with E-state index in [0.717, 1.165) is 48.5 Å². The summed E-state index contributed by atoms with van der Waals surface area (Å²) in [5.74, 6) is -23.1. The molecule has 1 aliphatic rings. The minimum Gasteiger partial charge on any atom is -0.258 e. The highest BCUT2D eigenvalue weighted by Crippen LogP contribution is 2.71. The highest BCUT2D eigenvalue weighted by Gasteiger charge is 2.85. The lowest BCUT2D eigenvalue weighted by atomic mass is 9.81. The minimum atomic E-state index is -6.00. The molecule has 0 bridgehead atoms. The topological polar surface area (TPSA) is 173 Å². The summed E-state index contributed by atoms with van der Waals surface area (Å²) < 4.78 is 96.8. The number of hydrogen-bond donors (Lipinski definition) is 0. The molecule has 1 fully saturated rings. The Labute approximate surface area is 313 Å². The molecule has 24 heteroatoms. The Bertz CT molecular complexity index is 2310. The van der Waals surface area contributed by atoms with Crippen LogP contribution in [0.5, 0.6) is 0 Å². The molecule has 6 aromatic rings. The molecule has 274 valence electrons. The standard InChI is InChI=1S/C29H12F6N4O8S6/c30-27(31)23(11-9-17(13-1-5-19(48-13)36(40)41)52-25(11)15-3-7-21(50-15)38(44)45)24(28(32,33)29(27,34)35)12-10-18(14-2-6-20(49-14)37(42)43)53-26(12)16-4-8-22(51-16)39(46)47/h1-10,23-24H. The normalized spacial score (nSPS) is 18.7. The molecule has 7 rings (SSSR count). The molecule has 0 aliphatic heterocycles. The predicted octanol–water partition coefficient (Wildman–Crippen LogP) is 12.1. The third kappa shape index (κ3) is 5.83. The Morgan fingerprint density at radius 3 is 1.00 bits per heavy atom. The van der Waals surface area contributed by atoms with Crippen LogP contribution in [0.25, 0.3) is 39.0 Å². The monoisotopic (exact) mass is 850 g/mol. The van der Waals surface area contributed by atoms with E-state index < -0.39 is 70.4 Å². The molecule has 53 heavy (non-hydrogen) atoms. The number of thiophene rings is 6. The van der Waals surface area contributed by atoms with E-state index in [0.29, 0.717) is 68.0 Å². The number of halogens is 6. The highest BCUT2D eigenvalue weighted by molar-refractivity contribution is 7.28. The molecule has 0 amide bonds. The summed E-state index contributed by atoms with van der Waals surface area (Å²) >= 11 is 3.39. The molecular formula is C29H12F6N4O8S6. The molecule has 0 spiro atoms. The van der Waals surface area contributed by atoms with Gasteiger partial charge in [0.2, 0.25) is 0 Å². The number of hydrogen-bond acceptors (Lipinski definition) is 14. The number of alkyl halides is 6. The predicted molar refractivity (Wildman–Crippen MR) is 189 cm³/mol. The lowest BCUT2D eigenvalue weighted by molar-refractivity contribution is -0.380. The fourth-order valence-electron chi connectivity index (χ4n) is 5.89. The second-order valence-electron chi connectivity index (χ2n) is 11.1. The van der Waals surface area contributed by atoms with Gasteiger partial charge in [-0.1, -0.05) is 45.3 Å². The van der Waals surface area contributed by atoms with E-state index in [1.165, 1.54) is 12.1 Å². The second-order valence-corrected chi connectivity index (χ2v) is 17.5. The third-order valence-electron chi connectivity index (χ3n) is 8.16. The van der Waals surface area contributed by atoms with E-state index in [9.17, 15) is 40.5 Å².